The molecule has 0 spiro atoms. The van der Waals surface area contributed by atoms with Gasteiger partial charge in [0.05, 0.1) is 12.7 Å². The molecule has 0 heterocycles. The lowest BCUT2D eigenvalue weighted by atomic mass is 10.1. The van der Waals surface area contributed by atoms with Crippen LogP contribution in [0.2, 0.25) is 0 Å². The number of ether oxygens (including phenoxy) is 2. The molecule has 92 valence electrons. The second kappa shape index (κ2) is 10.4. The topological polar surface area (TPSA) is 30.5 Å². The smallest absolute Gasteiger partial charge is 0.0928 e. The Labute approximate surface area is 94.5 Å². The van der Waals surface area contributed by atoms with Gasteiger partial charge in [0.2, 0.25) is 0 Å². The fraction of sp³-hybridized carbons (Fsp3) is 1.00. The van der Waals surface area contributed by atoms with Crippen LogP contribution in [-0.4, -0.2) is 39.5 Å². The number of rotatable bonds is 10. The summed E-state index contributed by atoms with van der Waals surface area (Å²) >= 11 is 0. The van der Waals surface area contributed by atoms with Crippen LogP contribution in [0.3, 0.4) is 0 Å². The summed E-state index contributed by atoms with van der Waals surface area (Å²) < 4.78 is 10.4. The van der Waals surface area contributed by atoms with Crippen LogP contribution in [0.25, 0.3) is 0 Å². The minimum absolute atomic E-state index is 0.172. The molecule has 0 saturated heterocycles. The van der Waals surface area contributed by atoms with Crippen molar-refractivity contribution < 1.29 is 9.47 Å². The molecule has 0 rings (SSSR count). The quantitative estimate of drug-likeness (QED) is 0.608. The van der Waals surface area contributed by atoms with Gasteiger partial charge in [-0.2, -0.15) is 0 Å². The highest BCUT2D eigenvalue weighted by Crippen LogP contribution is 2.04. The van der Waals surface area contributed by atoms with Crippen molar-refractivity contribution in [3.8, 4) is 0 Å². The van der Waals surface area contributed by atoms with Crippen LogP contribution in [0.5, 0.6) is 0 Å². The summed E-state index contributed by atoms with van der Waals surface area (Å²) in [5.41, 5.74) is 0. The zero-order valence-corrected chi connectivity index (χ0v) is 10.7. The van der Waals surface area contributed by atoms with Gasteiger partial charge in [-0.25, -0.2) is 0 Å². The number of methoxy groups -OCH3 is 2. The van der Waals surface area contributed by atoms with Gasteiger partial charge in [0, 0.05) is 26.8 Å². The molecule has 1 unspecified atom stereocenters. The van der Waals surface area contributed by atoms with Gasteiger partial charge in [0.15, 0.2) is 0 Å². The molecule has 0 aliphatic heterocycles. The lowest BCUT2D eigenvalue weighted by molar-refractivity contribution is 0.0270. The van der Waals surface area contributed by atoms with Crippen molar-refractivity contribution in [2.45, 2.75) is 51.7 Å². The first-order valence-corrected chi connectivity index (χ1v) is 6.03. The lowest BCUT2D eigenvalue weighted by Gasteiger charge is -2.21. The van der Waals surface area contributed by atoms with Gasteiger partial charge in [0.25, 0.3) is 0 Å². The van der Waals surface area contributed by atoms with E-state index in [0.29, 0.717) is 12.6 Å². The summed E-state index contributed by atoms with van der Waals surface area (Å²) in [6.07, 6.45) is 5.14. The Hall–Kier alpha value is -0.120. The van der Waals surface area contributed by atoms with Gasteiger partial charge in [-0.1, -0.05) is 26.7 Å². The van der Waals surface area contributed by atoms with Gasteiger partial charge in [0.1, 0.15) is 0 Å². The molecular weight excluding hydrogens is 190 g/mol. The molecule has 0 aromatic rings. The summed E-state index contributed by atoms with van der Waals surface area (Å²) in [7, 11) is 3.45. The van der Waals surface area contributed by atoms with E-state index in [0.717, 1.165) is 6.54 Å². The zero-order valence-electron chi connectivity index (χ0n) is 10.7. The SMILES string of the molecule is CCCC(CCC)NCC(COC)OC. The molecule has 3 heteroatoms. The average molecular weight is 217 g/mol. The molecular formula is C12H27NO2. The van der Waals surface area contributed by atoms with E-state index < -0.39 is 0 Å². The molecule has 0 amide bonds. The third kappa shape index (κ3) is 7.77. The standard InChI is InChI=1S/C12H27NO2/c1-5-7-11(8-6-2)13-9-12(15-4)10-14-3/h11-13H,5-10H2,1-4H3. The molecule has 0 aromatic carbocycles. The number of hydrogen-bond acceptors (Lipinski definition) is 3. The van der Waals surface area contributed by atoms with E-state index in [1.165, 1.54) is 25.7 Å². The van der Waals surface area contributed by atoms with Crippen LogP contribution in [0.1, 0.15) is 39.5 Å². The predicted octanol–water partition coefficient (Wildman–Crippen LogP) is 2.21. The molecule has 1 N–H and O–H groups in total. The molecule has 0 bridgehead atoms. The largest absolute Gasteiger partial charge is 0.382 e. The van der Waals surface area contributed by atoms with Crippen LogP contribution in [-0.2, 0) is 9.47 Å². The van der Waals surface area contributed by atoms with Crippen molar-refractivity contribution in [2.24, 2.45) is 0 Å². The summed E-state index contributed by atoms with van der Waals surface area (Å²) in [6, 6.07) is 0.634. The molecule has 1 atom stereocenters. The monoisotopic (exact) mass is 217 g/mol. The molecule has 3 nitrogen and oxygen atoms in total. The maximum atomic E-state index is 5.31. The summed E-state index contributed by atoms with van der Waals surface area (Å²) in [5.74, 6) is 0. The first-order valence-electron chi connectivity index (χ1n) is 6.03. The van der Waals surface area contributed by atoms with E-state index in [1.807, 2.05) is 0 Å². The first-order chi connectivity index (χ1) is 7.28. The van der Waals surface area contributed by atoms with E-state index in [9.17, 15) is 0 Å². The van der Waals surface area contributed by atoms with E-state index >= 15 is 0 Å². The highest BCUT2D eigenvalue weighted by atomic mass is 16.5. The van der Waals surface area contributed by atoms with Gasteiger partial charge in [-0.05, 0) is 12.8 Å². The van der Waals surface area contributed by atoms with Crippen molar-refractivity contribution in [2.75, 3.05) is 27.4 Å². The summed E-state index contributed by atoms with van der Waals surface area (Å²) in [5, 5.41) is 3.55. The Bertz CT molecular complexity index is 125. The van der Waals surface area contributed by atoms with Crippen molar-refractivity contribution in [3.63, 3.8) is 0 Å². The molecule has 0 aliphatic rings. The lowest BCUT2D eigenvalue weighted by Crippen LogP contribution is -2.38. The second-order valence-corrected chi connectivity index (χ2v) is 4.00. The highest BCUT2D eigenvalue weighted by Gasteiger charge is 2.10. The second-order valence-electron chi connectivity index (χ2n) is 4.00. The van der Waals surface area contributed by atoms with Crippen LogP contribution in [0.15, 0.2) is 0 Å². The third-order valence-electron chi connectivity index (χ3n) is 2.59. The number of nitrogens with one attached hydrogen (secondary N) is 1. The van der Waals surface area contributed by atoms with Crippen LogP contribution in [0, 0.1) is 0 Å². The van der Waals surface area contributed by atoms with Crippen LogP contribution in [0.4, 0.5) is 0 Å². The van der Waals surface area contributed by atoms with E-state index in [4.69, 9.17) is 9.47 Å². The minimum Gasteiger partial charge on any atom is -0.382 e. The maximum absolute atomic E-state index is 5.31. The minimum atomic E-state index is 0.172. The van der Waals surface area contributed by atoms with Crippen molar-refractivity contribution in [1.29, 1.82) is 0 Å². The van der Waals surface area contributed by atoms with Gasteiger partial charge < -0.3 is 14.8 Å². The summed E-state index contributed by atoms with van der Waals surface area (Å²) in [4.78, 5) is 0. The van der Waals surface area contributed by atoms with Gasteiger partial charge >= 0.3 is 0 Å². The molecule has 0 fully saturated rings. The Morgan fingerprint density at radius 2 is 1.67 bits per heavy atom. The summed E-state index contributed by atoms with van der Waals surface area (Å²) in [6.45, 7) is 6.00. The fourth-order valence-electron chi connectivity index (χ4n) is 1.74. The van der Waals surface area contributed by atoms with E-state index in [-0.39, 0.29) is 6.10 Å². The maximum Gasteiger partial charge on any atom is 0.0928 e. The molecule has 15 heavy (non-hydrogen) atoms. The Morgan fingerprint density at radius 3 is 2.07 bits per heavy atom. The van der Waals surface area contributed by atoms with E-state index in [2.05, 4.69) is 19.2 Å². The Balaban J connectivity index is 3.73. The van der Waals surface area contributed by atoms with Crippen molar-refractivity contribution in [1.82, 2.24) is 5.32 Å². The highest BCUT2D eigenvalue weighted by molar-refractivity contribution is 4.69. The van der Waals surface area contributed by atoms with Gasteiger partial charge in [-0.15, -0.1) is 0 Å². The molecule has 0 aliphatic carbocycles. The Morgan fingerprint density at radius 1 is 1.07 bits per heavy atom. The average Bonchev–Trinajstić information content (AvgIpc) is 2.24. The molecule has 0 radical (unpaired) electrons. The normalized spacial score (nSPS) is 13.4. The first kappa shape index (κ1) is 14.9. The molecule has 0 saturated carbocycles. The third-order valence-corrected chi connectivity index (χ3v) is 2.59. The van der Waals surface area contributed by atoms with Gasteiger partial charge in [-0.3, -0.25) is 0 Å². The van der Waals surface area contributed by atoms with Crippen molar-refractivity contribution >= 4 is 0 Å². The Kier molecular flexibility index (Phi) is 10.3. The number of hydrogen-bond donors (Lipinski definition) is 1. The van der Waals surface area contributed by atoms with Crippen LogP contribution >= 0.6 is 0 Å². The van der Waals surface area contributed by atoms with E-state index in [1.54, 1.807) is 14.2 Å². The predicted molar refractivity (Wildman–Crippen MR) is 64.3 cm³/mol. The zero-order chi connectivity index (χ0) is 11.5. The molecule has 0 aromatic heterocycles. The fourth-order valence-corrected chi connectivity index (χ4v) is 1.74. The van der Waals surface area contributed by atoms with Crippen LogP contribution < -0.4 is 5.32 Å². The van der Waals surface area contributed by atoms with Crippen molar-refractivity contribution in [3.05, 3.63) is 0 Å².